The predicted octanol–water partition coefficient (Wildman–Crippen LogP) is 3.06. The van der Waals surface area contributed by atoms with Crippen LogP contribution in [0.25, 0.3) is 0 Å². The minimum atomic E-state index is -0.827. The van der Waals surface area contributed by atoms with Gasteiger partial charge in [0.1, 0.15) is 11.6 Å². The number of nitrogens with one attached hydrogen (secondary N) is 2. The van der Waals surface area contributed by atoms with E-state index in [-0.39, 0.29) is 12.0 Å². The summed E-state index contributed by atoms with van der Waals surface area (Å²) in [7, 11) is 0. The minimum Gasteiger partial charge on any atom is -0.490 e. The van der Waals surface area contributed by atoms with Gasteiger partial charge in [0.2, 0.25) is 0 Å². The van der Waals surface area contributed by atoms with Crippen molar-refractivity contribution >= 4 is 17.6 Å². The van der Waals surface area contributed by atoms with Crippen LogP contribution in [0.3, 0.4) is 0 Å². The number of hydrogen-bond donors (Lipinski definition) is 3. The molecule has 0 aromatic heterocycles. The molecule has 0 aliphatic carbocycles. The first-order valence-electron chi connectivity index (χ1n) is 9.28. The fraction of sp³-hybridized carbons (Fsp3) is 0.450. The Balaban J connectivity index is 2.59. The topological polar surface area (TPSA) is 121 Å². The molecule has 1 amide bonds. The van der Waals surface area contributed by atoms with Crippen LogP contribution >= 0.6 is 0 Å². The number of carboxylic acid groups (broad SMARTS) is 1. The fourth-order valence-corrected chi connectivity index (χ4v) is 2.32. The van der Waals surface area contributed by atoms with Crippen molar-refractivity contribution in [2.24, 2.45) is 0 Å². The lowest BCUT2D eigenvalue weighted by Crippen LogP contribution is -2.26. The van der Waals surface area contributed by atoms with E-state index >= 15 is 0 Å². The highest BCUT2D eigenvalue weighted by molar-refractivity contribution is 5.97. The van der Waals surface area contributed by atoms with Crippen molar-refractivity contribution in [3.8, 4) is 17.6 Å². The molecule has 0 bridgehead atoms. The lowest BCUT2D eigenvalue weighted by molar-refractivity contribution is -0.137. The molecule has 0 unspecified atom stereocenters. The Labute approximate surface area is 165 Å². The van der Waals surface area contributed by atoms with Crippen molar-refractivity contribution in [3.05, 3.63) is 30.0 Å². The van der Waals surface area contributed by atoms with Crippen molar-refractivity contribution in [2.45, 2.75) is 39.5 Å². The van der Waals surface area contributed by atoms with Gasteiger partial charge in [-0.25, -0.2) is 0 Å². The number of aliphatic carboxylic acids is 1. The second kappa shape index (κ2) is 13.0. The number of carbonyl (C=O) groups is 2. The van der Waals surface area contributed by atoms with E-state index in [4.69, 9.17) is 14.6 Å². The number of hydrogen-bond acceptors (Lipinski definition) is 6. The highest BCUT2D eigenvalue weighted by Gasteiger charge is 2.09. The maximum absolute atomic E-state index is 12.1. The van der Waals surface area contributed by atoms with Gasteiger partial charge < -0.3 is 25.2 Å². The van der Waals surface area contributed by atoms with E-state index in [1.165, 1.54) is 6.20 Å². The number of benzene rings is 1. The van der Waals surface area contributed by atoms with Crippen LogP contribution in [0, 0.1) is 11.3 Å². The molecule has 0 fully saturated rings. The van der Waals surface area contributed by atoms with Gasteiger partial charge >= 0.3 is 5.97 Å². The zero-order valence-corrected chi connectivity index (χ0v) is 16.3. The molecule has 8 nitrogen and oxygen atoms in total. The number of nitriles is 1. The molecule has 0 heterocycles. The van der Waals surface area contributed by atoms with Crippen molar-refractivity contribution in [1.29, 1.82) is 5.26 Å². The molecule has 0 saturated carbocycles. The molecule has 1 aromatic carbocycles. The van der Waals surface area contributed by atoms with Gasteiger partial charge in [0.15, 0.2) is 11.5 Å². The van der Waals surface area contributed by atoms with Crippen LogP contribution in [0.2, 0.25) is 0 Å². The summed E-state index contributed by atoms with van der Waals surface area (Å²) in [4.78, 5) is 22.5. The lowest BCUT2D eigenvalue weighted by atomic mass is 10.2. The Morgan fingerprint density at radius 3 is 2.50 bits per heavy atom. The van der Waals surface area contributed by atoms with Crippen LogP contribution in [0.15, 0.2) is 30.0 Å². The van der Waals surface area contributed by atoms with Gasteiger partial charge in [-0.05, 0) is 38.8 Å². The third-order valence-corrected chi connectivity index (χ3v) is 3.64. The largest absolute Gasteiger partial charge is 0.490 e. The average Bonchev–Trinajstić information content (AvgIpc) is 2.67. The van der Waals surface area contributed by atoms with E-state index < -0.39 is 11.9 Å². The van der Waals surface area contributed by atoms with E-state index in [0.717, 1.165) is 0 Å². The van der Waals surface area contributed by atoms with E-state index in [9.17, 15) is 14.9 Å². The molecule has 8 heteroatoms. The van der Waals surface area contributed by atoms with Gasteiger partial charge in [0.05, 0.1) is 13.2 Å². The molecular weight excluding hydrogens is 362 g/mol. The Hall–Kier alpha value is -3.21. The summed E-state index contributed by atoms with van der Waals surface area (Å²) in [6, 6.07) is 7.12. The molecule has 0 aliphatic rings. The second-order valence-corrected chi connectivity index (χ2v) is 5.80. The summed E-state index contributed by atoms with van der Waals surface area (Å²) in [5, 5.41) is 23.3. The van der Waals surface area contributed by atoms with Crippen molar-refractivity contribution in [1.82, 2.24) is 5.32 Å². The van der Waals surface area contributed by atoms with Crippen LogP contribution < -0.4 is 20.1 Å². The van der Waals surface area contributed by atoms with E-state index in [0.29, 0.717) is 56.2 Å². The first-order valence-corrected chi connectivity index (χ1v) is 9.28. The number of anilines is 1. The number of nitrogens with zero attached hydrogens (tertiary/aromatic N) is 1. The van der Waals surface area contributed by atoms with E-state index in [1.54, 1.807) is 18.2 Å². The number of carboxylic acids is 1. The smallest absolute Gasteiger partial charge is 0.303 e. The fourth-order valence-electron chi connectivity index (χ4n) is 2.32. The second-order valence-electron chi connectivity index (χ2n) is 5.80. The zero-order chi connectivity index (χ0) is 20.8. The maximum Gasteiger partial charge on any atom is 0.303 e. The number of carbonyl (C=O) groups excluding carboxylic acids is 1. The lowest BCUT2D eigenvalue weighted by Gasteiger charge is -2.12. The SMILES string of the molecule is CCOc1ccc(N/C=C(/C#N)C(=O)NCCCCCC(=O)O)cc1OCC. The van der Waals surface area contributed by atoms with Crippen LogP contribution in [-0.4, -0.2) is 36.7 Å². The molecule has 0 saturated heterocycles. The van der Waals surface area contributed by atoms with E-state index in [1.807, 2.05) is 19.9 Å². The van der Waals surface area contributed by atoms with Gasteiger partial charge in [0.25, 0.3) is 5.91 Å². The first kappa shape index (κ1) is 22.8. The monoisotopic (exact) mass is 389 g/mol. The van der Waals surface area contributed by atoms with Gasteiger partial charge in [-0.15, -0.1) is 0 Å². The standard InChI is InChI=1S/C20H27N3O5/c1-3-27-17-10-9-16(12-18(17)28-4-2)23-14-15(13-21)20(26)22-11-7-5-6-8-19(24)25/h9-10,12,14,23H,3-8,11H2,1-2H3,(H,22,26)(H,24,25)/b15-14-. The van der Waals surface area contributed by atoms with E-state index in [2.05, 4.69) is 10.6 Å². The molecule has 0 atom stereocenters. The number of unbranched alkanes of at least 4 members (excludes halogenated alkanes) is 2. The molecule has 1 rings (SSSR count). The van der Waals surface area contributed by atoms with Crippen LogP contribution in [-0.2, 0) is 9.59 Å². The molecule has 152 valence electrons. The number of amides is 1. The van der Waals surface area contributed by atoms with Gasteiger partial charge in [-0.2, -0.15) is 5.26 Å². The Morgan fingerprint density at radius 1 is 1.14 bits per heavy atom. The van der Waals surface area contributed by atoms with Crippen molar-refractivity contribution < 1.29 is 24.2 Å². The molecular formula is C20H27N3O5. The average molecular weight is 389 g/mol. The van der Waals surface area contributed by atoms with Gasteiger partial charge in [0, 0.05) is 30.9 Å². The van der Waals surface area contributed by atoms with Crippen molar-refractivity contribution in [2.75, 3.05) is 25.1 Å². The van der Waals surface area contributed by atoms with Crippen LogP contribution in [0.5, 0.6) is 11.5 Å². The van der Waals surface area contributed by atoms with Crippen LogP contribution in [0.4, 0.5) is 5.69 Å². The number of rotatable bonds is 13. The third-order valence-electron chi connectivity index (χ3n) is 3.64. The normalized spacial score (nSPS) is 10.7. The zero-order valence-electron chi connectivity index (χ0n) is 16.3. The molecule has 3 N–H and O–H groups in total. The van der Waals surface area contributed by atoms with Gasteiger partial charge in [-0.3, -0.25) is 9.59 Å². The Kier molecular flexibility index (Phi) is 10.6. The quantitative estimate of drug-likeness (QED) is 0.269. The summed E-state index contributed by atoms with van der Waals surface area (Å²) in [5.41, 5.74) is 0.596. The molecule has 1 aromatic rings. The summed E-state index contributed by atoms with van der Waals surface area (Å²) < 4.78 is 11.0. The summed E-state index contributed by atoms with van der Waals surface area (Å²) in [6.45, 7) is 5.14. The van der Waals surface area contributed by atoms with Crippen LogP contribution in [0.1, 0.15) is 39.5 Å². The molecule has 0 spiro atoms. The Bertz CT molecular complexity index is 725. The maximum atomic E-state index is 12.1. The van der Waals surface area contributed by atoms with Gasteiger partial charge in [-0.1, -0.05) is 6.42 Å². The first-order chi connectivity index (χ1) is 13.5. The summed E-state index contributed by atoms with van der Waals surface area (Å²) in [5.74, 6) is -0.108. The Morgan fingerprint density at radius 2 is 1.86 bits per heavy atom. The minimum absolute atomic E-state index is 0.0580. The molecule has 28 heavy (non-hydrogen) atoms. The molecule has 0 radical (unpaired) electrons. The molecule has 0 aliphatic heterocycles. The van der Waals surface area contributed by atoms with Crippen molar-refractivity contribution in [3.63, 3.8) is 0 Å². The summed E-state index contributed by atoms with van der Waals surface area (Å²) >= 11 is 0. The third kappa shape index (κ3) is 8.45. The highest BCUT2D eigenvalue weighted by atomic mass is 16.5. The highest BCUT2D eigenvalue weighted by Crippen LogP contribution is 2.30. The summed E-state index contributed by atoms with van der Waals surface area (Å²) in [6.07, 6.45) is 3.37. The predicted molar refractivity (Wildman–Crippen MR) is 105 cm³/mol. The number of ether oxygens (including phenoxy) is 2.